The number of nitrogens with two attached hydrogens (primary N) is 1. The topological polar surface area (TPSA) is 64.8 Å². The van der Waals surface area contributed by atoms with E-state index in [-0.39, 0.29) is 11.8 Å². The van der Waals surface area contributed by atoms with Crippen molar-refractivity contribution in [3.8, 4) is 0 Å². The van der Waals surface area contributed by atoms with Gasteiger partial charge in [0.2, 0.25) is 5.91 Å². The Bertz CT molecular complexity index is 227. The predicted octanol–water partition coefficient (Wildman–Crippen LogP) is 1.12. The lowest BCUT2D eigenvalue weighted by Crippen LogP contribution is -2.38. The highest BCUT2D eigenvalue weighted by atomic mass is 16.5. The number of nitrogens with zero attached hydrogens (tertiary/aromatic N) is 1. The first kappa shape index (κ1) is 18.4. The van der Waals surface area contributed by atoms with Crippen LogP contribution in [-0.4, -0.2) is 57.9 Å². The van der Waals surface area contributed by atoms with E-state index in [0.717, 1.165) is 6.42 Å². The lowest BCUT2D eigenvalue weighted by Gasteiger charge is -2.25. The summed E-state index contributed by atoms with van der Waals surface area (Å²) in [6, 6.07) is 0. The fourth-order valence-electron chi connectivity index (χ4n) is 2.07. The van der Waals surface area contributed by atoms with E-state index in [2.05, 4.69) is 13.8 Å². The largest absolute Gasteiger partial charge is 0.383 e. The molecule has 0 aliphatic rings. The third kappa shape index (κ3) is 8.97. The molecule has 0 unspecified atom stereocenters. The lowest BCUT2D eigenvalue weighted by atomic mass is 9.94. The van der Waals surface area contributed by atoms with E-state index < -0.39 is 0 Å². The monoisotopic (exact) mass is 274 g/mol. The minimum atomic E-state index is 0.144. The molecular weight excluding hydrogens is 244 g/mol. The standard InChI is InChI=1S/C14H30N2O3/c1-12(2)9-13(11-15)10-14(17)16(5-7-18-3)6-8-19-4/h12-13H,5-11,15H2,1-4H3/t13-/m0/s1. The van der Waals surface area contributed by atoms with Crippen LogP contribution in [0.15, 0.2) is 0 Å². The third-order valence-electron chi connectivity index (χ3n) is 3.08. The molecule has 0 heterocycles. The van der Waals surface area contributed by atoms with Gasteiger partial charge >= 0.3 is 0 Å². The average Bonchev–Trinajstić information content (AvgIpc) is 2.37. The molecular formula is C14H30N2O3. The molecule has 5 heteroatoms. The summed E-state index contributed by atoms with van der Waals surface area (Å²) in [7, 11) is 3.28. The van der Waals surface area contributed by atoms with Crippen molar-refractivity contribution < 1.29 is 14.3 Å². The molecule has 0 aromatic heterocycles. The highest BCUT2D eigenvalue weighted by molar-refractivity contribution is 5.76. The van der Waals surface area contributed by atoms with Crippen LogP contribution in [0.5, 0.6) is 0 Å². The molecule has 0 aromatic rings. The summed E-state index contributed by atoms with van der Waals surface area (Å²) in [4.78, 5) is 14.1. The van der Waals surface area contributed by atoms with Crippen LogP contribution in [0.3, 0.4) is 0 Å². The van der Waals surface area contributed by atoms with Gasteiger partial charge in [0.05, 0.1) is 13.2 Å². The van der Waals surface area contributed by atoms with Crippen LogP contribution in [0.4, 0.5) is 0 Å². The minimum Gasteiger partial charge on any atom is -0.383 e. The quantitative estimate of drug-likeness (QED) is 0.613. The fraction of sp³-hybridized carbons (Fsp3) is 0.929. The predicted molar refractivity (Wildman–Crippen MR) is 76.9 cm³/mol. The van der Waals surface area contributed by atoms with Crippen LogP contribution in [-0.2, 0) is 14.3 Å². The smallest absolute Gasteiger partial charge is 0.223 e. The van der Waals surface area contributed by atoms with Gasteiger partial charge < -0.3 is 20.1 Å². The van der Waals surface area contributed by atoms with Crippen LogP contribution < -0.4 is 5.73 Å². The number of hydrogen-bond donors (Lipinski definition) is 1. The molecule has 0 spiro atoms. The third-order valence-corrected chi connectivity index (χ3v) is 3.08. The Morgan fingerprint density at radius 3 is 2.05 bits per heavy atom. The van der Waals surface area contributed by atoms with E-state index in [0.29, 0.717) is 45.2 Å². The van der Waals surface area contributed by atoms with Crippen molar-refractivity contribution in [3.63, 3.8) is 0 Å². The van der Waals surface area contributed by atoms with E-state index in [1.54, 1.807) is 19.1 Å². The second kappa shape index (κ2) is 11.2. The Kier molecular flexibility index (Phi) is 10.8. The van der Waals surface area contributed by atoms with Gasteiger partial charge in [0.25, 0.3) is 0 Å². The Labute approximate surface area is 117 Å². The zero-order chi connectivity index (χ0) is 14.7. The van der Waals surface area contributed by atoms with Gasteiger partial charge in [-0.25, -0.2) is 0 Å². The van der Waals surface area contributed by atoms with Crippen molar-refractivity contribution in [2.24, 2.45) is 17.6 Å². The summed E-state index contributed by atoms with van der Waals surface area (Å²) in [5.41, 5.74) is 5.75. The molecule has 0 bridgehead atoms. The molecule has 0 rings (SSSR count). The van der Waals surface area contributed by atoms with Gasteiger partial charge in [-0.3, -0.25) is 4.79 Å². The number of carbonyl (C=O) groups excluding carboxylic acids is 1. The van der Waals surface area contributed by atoms with E-state index in [4.69, 9.17) is 15.2 Å². The van der Waals surface area contributed by atoms with Gasteiger partial charge in [-0.05, 0) is 24.8 Å². The molecule has 1 atom stereocenters. The highest BCUT2D eigenvalue weighted by Crippen LogP contribution is 2.15. The number of amides is 1. The molecule has 114 valence electrons. The fourth-order valence-corrected chi connectivity index (χ4v) is 2.07. The summed E-state index contributed by atoms with van der Waals surface area (Å²) in [6.45, 7) is 7.18. The van der Waals surface area contributed by atoms with Crippen molar-refractivity contribution in [1.82, 2.24) is 4.90 Å². The van der Waals surface area contributed by atoms with E-state index in [9.17, 15) is 4.79 Å². The second-order valence-corrected chi connectivity index (χ2v) is 5.30. The molecule has 5 nitrogen and oxygen atoms in total. The molecule has 0 radical (unpaired) electrons. The molecule has 0 saturated heterocycles. The first-order valence-corrected chi connectivity index (χ1v) is 7.00. The van der Waals surface area contributed by atoms with E-state index >= 15 is 0 Å². The first-order chi connectivity index (χ1) is 9.04. The Morgan fingerprint density at radius 1 is 1.16 bits per heavy atom. The molecule has 0 saturated carbocycles. The summed E-state index contributed by atoms with van der Waals surface area (Å²) in [5, 5.41) is 0. The Balaban J connectivity index is 4.33. The highest BCUT2D eigenvalue weighted by Gasteiger charge is 2.19. The van der Waals surface area contributed by atoms with E-state index in [1.165, 1.54) is 0 Å². The maximum Gasteiger partial charge on any atom is 0.223 e. The SMILES string of the molecule is COCCN(CCOC)C(=O)C[C@@H](CN)CC(C)C. The summed E-state index contributed by atoms with van der Waals surface area (Å²) < 4.78 is 10.1. The number of rotatable bonds is 11. The zero-order valence-corrected chi connectivity index (χ0v) is 12.9. The number of carbonyl (C=O) groups is 1. The average molecular weight is 274 g/mol. The maximum atomic E-state index is 12.3. The van der Waals surface area contributed by atoms with Crippen molar-refractivity contribution >= 4 is 5.91 Å². The van der Waals surface area contributed by atoms with Gasteiger partial charge in [0.1, 0.15) is 0 Å². The molecule has 2 N–H and O–H groups in total. The number of hydrogen-bond acceptors (Lipinski definition) is 4. The molecule has 0 fully saturated rings. The Morgan fingerprint density at radius 2 is 1.68 bits per heavy atom. The number of methoxy groups -OCH3 is 2. The van der Waals surface area contributed by atoms with Gasteiger partial charge in [0, 0.05) is 33.7 Å². The van der Waals surface area contributed by atoms with Gasteiger partial charge in [-0.2, -0.15) is 0 Å². The van der Waals surface area contributed by atoms with Crippen LogP contribution in [0.1, 0.15) is 26.7 Å². The maximum absolute atomic E-state index is 12.3. The van der Waals surface area contributed by atoms with Crippen LogP contribution in [0.25, 0.3) is 0 Å². The zero-order valence-electron chi connectivity index (χ0n) is 12.9. The van der Waals surface area contributed by atoms with Crippen molar-refractivity contribution in [3.05, 3.63) is 0 Å². The van der Waals surface area contributed by atoms with Crippen LogP contribution in [0.2, 0.25) is 0 Å². The van der Waals surface area contributed by atoms with E-state index in [1.807, 2.05) is 0 Å². The van der Waals surface area contributed by atoms with Crippen LogP contribution >= 0.6 is 0 Å². The molecule has 1 amide bonds. The molecule has 0 aliphatic carbocycles. The minimum absolute atomic E-state index is 0.144. The number of ether oxygens (including phenoxy) is 2. The lowest BCUT2D eigenvalue weighted by molar-refractivity contribution is -0.133. The van der Waals surface area contributed by atoms with Gasteiger partial charge in [-0.15, -0.1) is 0 Å². The summed E-state index contributed by atoms with van der Waals surface area (Å²) in [5.74, 6) is 0.970. The molecule has 0 aliphatic heterocycles. The first-order valence-electron chi connectivity index (χ1n) is 7.00. The Hall–Kier alpha value is -0.650. The summed E-state index contributed by atoms with van der Waals surface area (Å²) >= 11 is 0. The summed E-state index contributed by atoms with van der Waals surface area (Å²) in [6.07, 6.45) is 1.51. The van der Waals surface area contributed by atoms with Gasteiger partial charge in [-0.1, -0.05) is 13.8 Å². The molecule has 0 aromatic carbocycles. The van der Waals surface area contributed by atoms with Gasteiger partial charge in [0.15, 0.2) is 0 Å². The normalized spacial score (nSPS) is 12.7. The van der Waals surface area contributed by atoms with Crippen LogP contribution in [0, 0.1) is 11.8 Å². The van der Waals surface area contributed by atoms with Crippen molar-refractivity contribution in [1.29, 1.82) is 0 Å². The van der Waals surface area contributed by atoms with Crippen molar-refractivity contribution in [2.45, 2.75) is 26.7 Å². The van der Waals surface area contributed by atoms with Crippen molar-refractivity contribution in [2.75, 3.05) is 47.1 Å². The second-order valence-electron chi connectivity index (χ2n) is 5.30. The molecule has 19 heavy (non-hydrogen) atoms.